The minimum absolute atomic E-state index is 0.179. The van der Waals surface area contributed by atoms with Crippen molar-refractivity contribution in [3.63, 3.8) is 0 Å². The first kappa shape index (κ1) is 18.0. The normalized spacial score (nSPS) is 13.0. The van der Waals surface area contributed by atoms with Crippen molar-refractivity contribution < 1.29 is 23.4 Å². The van der Waals surface area contributed by atoms with Gasteiger partial charge in [-0.25, -0.2) is 0 Å². The van der Waals surface area contributed by atoms with Crippen molar-refractivity contribution in [3.8, 4) is 17.0 Å². The lowest BCUT2D eigenvalue weighted by Crippen LogP contribution is -2.17. The third kappa shape index (κ3) is 3.76. The van der Waals surface area contributed by atoms with Crippen molar-refractivity contribution in [1.29, 1.82) is 0 Å². The molecule has 1 aromatic carbocycles. The Morgan fingerprint density at radius 1 is 1.17 bits per heavy atom. The Balaban J connectivity index is 2.41. The second-order valence-electron chi connectivity index (χ2n) is 5.61. The van der Waals surface area contributed by atoms with Crippen molar-refractivity contribution in [2.75, 3.05) is 11.9 Å². The topological polar surface area (TPSA) is 78.3 Å². The van der Waals surface area contributed by atoms with Crippen LogP contribution >= 0.6 is 0 Å². The fraction of sp³-hybridized carbons (Fsp3) is 0.375. The fourth-order valence-electron chi connectivity index (χ4n) is 2.18. The maximum atomic E-state index is 12.7. The molecule has 5 nitrogen and oxygen atoms in total. The van der Waals surface area contributed by atoms with Gasteiger partial charge < -0.3 is 15.5 Å². The number of nitrogens with zero attached hydrogens (tertiary/aromatic N) is 2. The van der Waals surface area contributed by atoms with E-state index in [1.54, 1.807) is 20.8 Å². The average Bonchev–Trinajstić information content (AvgIpc) is 2.48. The number of nitrogens with one attached hydrogen (secondary N) is 1. The molecule has 24 heavy (non-hydrogen) atoms. The number of alkyl halides is 3. The molecular weight excluding hydrogens is 323 g/mol. The van der Waals surface area contributed by atoms with E-state index in [0.29, 0.717) is 29.7 Å². The summed E-state index contributed by atoms with van der Waals surface area (Å²) < 4.78 is 38.0. The van der Waals surface area contributed by atoms with Crippen molar-refractivity contribution in [2.24, 2.45) is 0 Å². The molecular formula is C16H18F3N3O2. The van der Waals surface area contributed by atoms with Crippen LogP contribution in [0.4, 0.5) is 19.0 Å². The zero-order valence-corrected chi connectivity index (χ0v) is 13.4. The van der Waals surface area contributed by atoms with Crippen LogP contribution in [0.3, 0.4) is 0 Å². The molecule has 0 aliphatic carbocycles. The van der Waals surface area contributed by atoms with Crippen molar-refractivity contribution in [2.45, 2.75) is 33.1 Å². The second kappa shape index (κ2) is 6.64. The summed E-state index contributed by atoms with van der Waals surface area (Å²) in [4.78, 5) is 0. The van der Waals surface area contributed by atoms with Gasteiger partial charge in [0.2, 0.25) is 0 Å². The molecule has 0 fully saturated rings. The quantitative estimate of drug-likeness (QED) is 0.795. The van der Waals surface area contributed by atoms with Gasteiger partial charge in [0.25, 0.3) is 0 Å². The van der Waals surface area contributed by atoms with Gasteiger partial charge in [0, 0.05) is 12.1 Å². The van der Waals surface area contributed by atoms with Gasteiger partial charge >= 0.3 is 6.18 Å². The van der Waals surface area contributed by atoms with Gasteiger partial charge in [-0.2, -0.15) is 13.2 Å². The van der Waals surface area contributed by atoms with Crippen LogP contribution in [0.25, 0.3) is 11.3 Å². The van der Waals surface area contributed by atoms with E-state index in [4.69, 9.17) is 0 Å². The van der Waals surface area contributed by atoms with Gasteiger partial charge in [-0.05, 0) is 50.1 Å². The fourth-order valence-corrected chi connectivity index (χ4v) is 2.18. The maximum Gasteiger partial charge on any atom is 0.416 e. The first-order valence-corrected chi connectivity index (χ1v) is 7.27. The number of halogens is 3. The molecule has 0 radical (unpaired) electrons. The lowest BCUT2D eigenvalue weighted by atomic mass is 10.0. The summed E-state index contributed by atoms with van der Waals surface area (Å²) in [5.74, 6) is -0.0325. The van der Waals surface area contributed by atoms with Gasteiger partial charge in [0.05, 0.1) is 17.4 Å². The highest BCUT2D eigenvalue weighted by Gasteiger charge is 2.31. The number of phenolic OH excluding ortho intramolecular Hbond substituents is 1. The number of rotatable bonds is 4. The minimum atomic E-state index is -4.53. The Labute approximate surface area is 137 Å². The number of aromatic nitrogens is 2. The van der Waals surface area contributed by atoms with Crippen LogP contribution in [0.2, 0.25) is 0 Å². The van der Waals surface area contributed by atoms with Gasteiger partial charge in [0.1, 0.15) is 5.75 Å². The molecule has 0 saturated carbocycles. The molecule has 1 unspecified atom stereocenters. The number of hydrogen-bond donors (Lipinski definition) is 3. The van der Waals surface area contributed by atoms with Crippen molar-refractivity contribution >= 4 is 5.82 Å². The van der Waals surface area contributed by atoms with E-state index in [-0.39, 0.29) is 5.56 Å². The largest absolute Gasteiger partial charge is 0.507 e. The third-order valence-corrected chi connectivity index (χ3v) is 3.67. The molecule has 2 aromatic rings. The molecule has 0 amide bonds. The van der Waals surface area contributed by atoms with E-state index in [1.165, 1.54) is 6.07 Å². The molecule has 2 rings (SSSR count). The first-order valence-electron chi connectivity index (χ1n) is 7.27. The summed E-state index contributed by atoms with van der Waals surface area (Å²) in [6.45, 7) is 5.43. The van der Waals surface area contributed by atoms with Crippen LogP contribution in [0.15, 0.2) is 18.2 Å². The SMILES string of the molecule is Cc1c(NCC(C)O)nnc(-c2ccc(C(F)(F)F)cc2O)c1C. The maximum absolute atomic E-state index is 12.7. The lowest BCUT2D eigenvalue weighted by Gasteiger charge is -2.15. The van der Waals surface area contributed by atoms with E-state index in [1.807, 2.05) is 0 Å². The molecule has 3 N–H and O–H groups in total. The molecule has 0 aliphatic heterocycles. The molecule has 0 bridgehead atoms. The summed E-state index contributed by atoms with van der Waals surface area (Å²) >= 11 is 0. The highest BCUT2D eigenvalue weighted by Crippen LogP contribution is 2.37. The zero-order chi connectivity index (χ0) is 18.1. The summed E-state index contributed by atoms with van der Waals surface area (Å²) in [5, 5.41) is 30.2. The van der Waals surface area contributed by atoms with Crippen LogP contribution in [-0.4, -0.2) is 33.1 Å². The van der Waals surface area contributed by atoms with E-state index in [0.717, 1.165) is 11.6 Å². The molecule has 0 saturated heterocycles. The lowest BCUT2D eigenvalue weighted by molar-refractivity contribution is -0.137. The van der Waals surface area contributed by atoms with Crippen molar-refractivity contribution in [1.82, 2.24) is 10.2 Å². The number of hydrogen-bond acceptors (Lipinski definition) is 5. The van der Waals surface area contributed by atoms with Crippen LogP contribution < -0.4 is 5.32 Å². The minimum Gasteiger partial charge on any atom is -0.507 e. The summed E-state index contributed by atoms with van der Waals surface area (Å²) in [6, 6.07) is 2.74. The number of benzene rings is 1. The third-order valence-electron chi connectivity index (χ3n) is 3.67. The Morgan fingerprint density at radius 3 is 2.38 bits per heavy atom. The molecule has 0 aliphatic rings. The zero-order valence-electron chi connectivity index (χ0n) is 13.4. The molecule has 0 spiro atoms. The van der Waals surface area contributed by atoms with Gasteiger partial charge in [-0.1, -0.05) is 0 Å². The number of aromatic hydroxyl groups is 1. The number of aliphatic hydroxyl groups is 1. The van der Waals surface area contributed by atoms with Crippen LogP contribution in [0, 0.1) is 13.8 Å². The summed E-state index contributed by atoms with van der Waals surface area (Å²) in [6.07, 6.45) is -5.09. The smallest absolute Gasteiger partial charge is 0.416 e. The van der Waals surface area contributed by atoms with E-state index < -0.39 is 23.6 Å². The van der Waals surface area contributed by atoms with Gasteiger partial charge in [-0.15, -0.1) is 10.2 Å². The predicted molar refractivity (Wildman–Crippen MR) is 83.8 cm³/mol. The second-order valence-corrected chi connectivity index (χ2v) is 5.61. The standard InChI is InChI=1S/C16H18F3N3O2/c1-8(23)7-20-15-10(3)9(2)14(21-22-15)12-5-4-11(6-13(12)24)16(17,18)19/h4-6,8,23-24H,7H2,1-3H3,(H,20,22). The summed E-state index contributed by atoms with van der Waals surface area (Å²) in [5.41, 5.74) is 0.967. The van der Waals surface area contributed by atoms with Crippen molar-refractivity contribution in [3.05, 3.63) is 34.9 Å². The Morgan fingerprint density at radius 2 is 1.83 bits per heavy atom. The van der Waals surface area contributed by atoms with E-state index in [9.17, 15) is 23.4 Å². The molecule has 130 valence electrons. The highest BCUT2D eigenvalue weighted by atomic mass is 19.4. The van der Waals surface area contributed by atoms with Crippen LogP contribution in [-0.2, 0) is 6.18 Å². The van der Waals surface area contributed by atoms with Gasteiger partial charge in [0.15, 0.2) is 5.82 Å². The molecule has 1 atom stereocenters. The summed E-state index contributed by atoms with van der Waals surface area (Å²) in [7, 11) is 0. The van der Waals surface area contributed by atoms with Crippen LogP contribution in [0.5, 0.6) is 5.75 Å². The molecule has 8 heteroatoms. The predicted octanol–water partition coefficient (Wildman–Crippen LogP) is 3.28. The van der Waals surface area contributed by atoms with E-state index in [2.05, 4.69) is 15.5 Å². The first-order chi connectivity index (χ1) is 11.1. The van der Waals surface area contributed by atoms with E-state index >= 15 is 0 Å². The Kier molecular flexibility index (Phi) is 4.98. The number of phenols is 1. The number of anilines is 1. The molecule has 1 heterocycles. The average molecular weight is 341 g/mol. The monoisotopic (exact) mass is 341 g/mol. The Bertz CT molecular complexity index is 746. The highest BCUT2D eigenvalue weighted by molar-refractivity contribution is 5.72. The Hall–Kier alpha value is -2.35. The van der Waals surface area contributed by atoms with Crippen LogP contribution in [0.1, 0.15) is 23.6 Å². The van der Waals surface area contributed by atoms with Gasteiger partial charge in [-0.3, -0.25) is 0 Å². The molecule has 1 aromatic heterocycles. The number of aliphatic hydroxyl groups excluding tert-OH is 1.